The maximum atomic E-state index is 13.5. The second kappa shape index (κ2) is 20.7. The van der Waals surface area contributed by atoms with Gasteiger partial charge in [0, 0.05) is 62.4 Å². The van der Waals surface area contributed by atoms with Gasteiger partial charge in [-0.3, -0.25) is 39.4 Å². The number of nitrogens with zero attached hydrogens (tertiary/aromatic N) is 10. The van der Waals surface area contributed by atoms with E-state index in [2.05, 4.69) is 40.4 Å². The zero-order chi connectivity index (χ0) is 48.9. The van der Waals surface area contributed by atoms with Crippen molar-refractivity contribution in [1.29, 1.82) is 0 Å². The van der Waals surface area contributed by atoms with Crippen LogP contribution in [0.2, 0.25) is 0 Å². The summed E-state index contributed by atoms with van der Waals surface area (Å²) in [5.74, 6) is 0.670. The molecule has 0 aliphatic carbocycles. The molecule has 0 bridgehead atoms. The van der Waals surface area contributed by atoms with Crippen LogP contribution in [-0.4, -0.2) is 125 Å². The van der Waals surface area contributed by atoms with Crippen molar-refractivity contribution in [3.05, 3.63) is 74.6 Å². The number of aryl methyl sites for hydroxylation is 3. The zero-order valence-corrected chi connectivity index (χ0v) is 39.4. The van der Waals surface area contributed by atoms with Gasteiger partial charge < -0.3 is 45.0 Å². The van der Waals surface area contributed by atoms with Crippen molar-refractivity contribution in [2.75, 3.05) is 57.1 Å². The summed E-state index contributed by atoms with van der Waals surface area (Å²) >= 11 is 0. The van der Waals surface area contributed by atoms with Crippen LogP contribution in [0, 0.1) is 17.0 Å². The molecule has 6 N–H and O–H groups in total. The first kappa shape index (κ1) is 48.6. The highest BCUT2D eigenvalue weighted by Gasteiger charge is 2.32. The number of carbonyl (C=O) groups excluding carboxylic acids is 4. The third-order valence-electron chi connectivity index (χ3n) is 11.9. The number of nitro groups is 1. The number of primary amides is 2. The number of nitrogens with two attached hydrogens (primary N) is 2. The Morgan fingerprint density at radius 3 is 2.32 bits per heavy atom. The highest BCUT2D eigenvalue weighted by molar-refractivity contribution is 6.04. The number of imidazole rings is 1. The van der Waals surface area contributed by atoms with E-state index in [0.717, 1.165) is 50.2 Å². The maximum absolute atomic E-state index is 13.5. The van der Waals surface area contributed by atoms with Crippen LogP contribution in [0.25, 0.3) is 11.0 Å². The first-order chi connectivity index (χ1) is 32.4. The minimum Gasteiger partial charge on any atom is -0.494 e. The van der Waals surface area contributed by atoms with Crippen LogP contribution in [0.4, 0.5) is 22.1 Å². The third-order valence-corrected chi connectivity index (χ3v) is 11.9. The van der Waals surface area contributed by atoms with Gasteiger partial charge in [-0.15, -0.1) is 10.2 Å². The van der Waals surface area contributed by atoms with E-state index in [9.17, 15) is 29.3 Å². The minimum atomic E-state index is -0.829. The van der Waals surface area contributed by atoms with Gasteiger partial charge in [0.05, 0.1) is 36.4 Å². The predicted molar refractivity (Wildman–Crippen MR) is 250 cm³/mol. The molecule has 3 aromatic heterocycles. The van der Waals surface area contributed by atoms with Gasteiger partial charge in [0.2, 0.25) is 17.8 Å². The molecular weight excluding hydrogens is 881 g/mol. The average molecular weight is 941 g/mol. The van der Waals surface area contributed by atoms with E-state index >= 15 is 0 Å². The Morgan fingerprint density at radius 2 is 1.65 bits per heavy atom. The molecule has 5 aromatic rings. The number of benzene rings is 2. The number of methoxy groups -OCH3 is 1. The summed E-state index contributed by atoms with van der Waals surface area (Å²) in [6.07, 6.45) is 3.02. The number of aromatic nitrogens is 7. The number of unbranched alkanes of at least 4 members (excludes halogenated alkanes) is 1. The fourth-order valence-electron chi connectivity index (χ4n) is 8.61. The van der Waals surface area contributed by atoms with E-state index < -0.39 is 28.2 Å². The van der Waals surface area contributed by atoms with Crippen LogP contribution >= 0.6 is 0 Å². The molecule has 4 amide bonds. The fraction of sp³-hybridized carbons (Fsp3) is 0.511. The van der Waals surface area contributed by atoms with Crippen molar-refractivity contribution >= 4 is 52.2 Å². The minimum absolute atomic E-state index is 0.0558. The fourth-order valence-corrected chi connectivity index (χ4v) is 8.61. The first-order valence-electron chi connectivity index (χ1n) is 22.8. The highest BCUT2D eigenvalue weighted by Crippen LogP contribution is 2.37. The number of anilines is 2. The molecule has 7 rings (SSSR count). The van der Waals surface area contributed by atoms with Gasteiger partial charge in [-0.25, -0.2) is 9.78 Å². The lowest BCUT2D eigenvalue weighted by molar-refractivity contribution is -0.384. The summed E-state index contributed by atoms with van der Waals surface area (Å²) in [6.45, 7) is 14.4. The number of ether oxygens (including phenoxy) is 3. The Morgan fingerprint density at radius 1 is 0.926 bits per heavy atom. The van der Waals surface area contributed by atoms with Gasteiger partial charge in [0.25, 0.3) is 11.6 Å². The number of carbonyl (C=O) groups is 4. The van der Waals surface area contributed by atoms with E-state index in [1.165, 1.54) is 25.3 Å². The molecule has 0 radical (unpaired) electrons. The number of likely N-dealkylation sites (tertiary alicyclic amines) is 1. The van der Waals surface area contributed by atoms with Crippen molar-refractivity contribution in [1.82, 2.24) is 43.9 Å². The molecule has 2 aliphatic rings. The van der Waals surface area contributed by atoms with Crippen LogP contribution in [0.15, 0.2) is 30.3 Å². The van der Waals surface area contributed by atoms with E-state index in [1.54, 1.807) is 27.1 Å². The van der Waals surface area contributed by atoms with E-state index in [4.69, 9.17) is 25.7 Å². The third kappa shape index (κ3) is 11.1. The normalized spacial score (nSPS) is 14.4. The number of nitro benzene ring substituents is 1. The van der Waals surface area contributed by atoms with Crippen LogP contribution in [0.3, 0.4) is 0 Å². The highest BCUT2D eigenvalue weighted by atomic mass is 16.6. The molecular formula is C45H60N14O9. The van der Waals surface area contributed by atoms with Gasteiger partial charge in [0.1, 0.15) is 34.1 Å². The number of piperidine rings is 1. The molecule has 2 aromatic carbocycles. The van der Waals surface area contributed by atoms with E-state index in [0.29, 0.717) is 80.2 Å². The standard InChI is InChI=1S/C45H60N14O9/c1-7-58-33(21-27(2)53-58)42(62)50-43-49-31-22-29(39(46)60)25-35(66-6)38(31)57(43)15-9-8-13-48-37-32(59(64)65)23-30(40(47)61)24-34(37)67-20-10-14-54-16-11-28(12-17-54)41-52-51-36-26-55(18-19-56(36)41)44(63)68-45(3,4)5/h21-25,28,48H,7-20,26H2,1-6H3,(H2,46,60)(H2,47,61)(H,49,50,62). The summed E-state index contributed by atoms with van der Waals surface area (Å²) in [5.41, 5.74) is 12.4. The number of hydrogen-bond donors (Lipinski definition) is 4. The lowest BCUT2D eigenvalue weighted by Crippen LogP contribution is -2.42. The number of amides is 4. The molecule has 1 saturated heterocycles. The monoisotopic (exact) mass is 940 g/mol. The largest absolute Gasteiger partial charge is 0.494 e. The summed E-state index contributed by atoms with van der Waals surface area (Å²) in [4.78, 5) is 71.1. The van der Waals surface area contributed by atoms with Crippen LogP contribution < -0.4 is 31.6 Å². The smallest absolute Gasteiger partial charge is 0.410 e. The summed E-state index contributed by atoms with van der Waals surface area (Å²) in [7, 11) is 1.46. The Labute approximate surface area is 392 Å². The Balaban J connectivity index is 0.965. The van der Waals surface area contributed by atoms with Crippen LogP contribution in [0.5, 0.6) is 11.5 Å². The molecule has 1 fully saturated rings. The van der Waals surface area contributed by atoms with Gasteiger partial charge in [-0.2, -0.15) is 5.10 Å². The van der Waals surface area contributed by atoms with Crippen LogP contribution in [0.1, 0.15) is 114 Å². The molecule has 5 heterocycles. The van der Waals surface area contributed by atoms with Crippen molar-refractivity contribution < 1.29 is 38.3 Å². The topological polar surface area (TPSA) is 288 Å². The Kier molecular flexibility index (Phi) is 14.8. The van der Waals surface area contributed by atoms with Crippen molar-refractivity contribution in [3.63, 3.8) is 0 Å². The number of fused-ring (bicyclic) bond motifs is 2. The Bertz CT molecular complexity index is 2690. The summed E-state index contributed by atoms with van der Waals surface area (Å²) in [6, 6.07) is 7.28. The Hall–Kier alpha value is -7.30. The van der Waals surface area contributed by atoms with E-state index in [-0.39, 0.29) is 59.4 Å². The quantitative estimate of drug-likeness (QED) is 0.0491. The zero-order valence-electron chi connectivity index (χ0n) is 39.4. The van der Waals surface area contributed by atoms with Crippen LogP contribution in [-0.2, 0) is 30.9 Å². The number of hydrogen-bond acceptors (Lipinski definition) is 15. The molecule has 23 heteroatoms. The number of rotatable bonds is 19. The molecule has 364 valence electrons. The van der Waals surface area contributed by atoms with Gasteiger partial charge in [0.15, 0.2) is 11.5 Å². The molecule has 23 nitrogen and oxygen atoms in total. The van der Waals surface area contributed by atoms with Gasteiger partial charge >= 0.3 is 6.09 Å². The molecule has 0 unspecified atom stereocenters. The lowest BCUT2D eigenvalue weighted by atomic mass is 9.95. The molecule has 2 aliphatic heterocycles. The van der Waals surface area contributed by atoms with Crippen molar-refractivity contribution in [2.24, 2.45) is 11.5 Å². The second-order valence-corrected chi connectivity index (χ2v) is 17.9. The predicted octanol–water partition coefficient (Wildman–Crippen LogP) is 4.81. The second-order valence-electron chi connectivity index (χ2n) is 17.9. The van der Waals surface area contributed by atoms with Gasteiger partial charge in [-0.1, -0.05) is 0 Å². The average Bonchev–Trinajstić information content (AvgIpc) is 4.01. The van der Waals surface area contributed by atoms with Crippen molar-refractivity contribution in [3.8, 4) is 11.5 Å². The van der Waals surface area contributed by atoms with Crippen molar-refractivity contribution in [2.45, 2.75) is 104 Å². The molecule has 68 heavy (non-hydrogen) atoms. The summed E-state index contributed by atoms with van der Waals surface area (Å²) < 4.78 is 22.9. The summed E-state index contributed by atoms with van der Waals surface area (Å²) in [5, 5.41) is 31.8. The SMILES string of the molecule is CCn1nc(C)cc1C(=O)Nc1nc2cc(C(N)=O)cc(OC)c2n1CCCCNc1c(OCCCN2CCC(c3nnc4n3CCN(C(=O)OC(C)(C)C)C4)CC2)cc(C(N)=O)cc1[N+](=O)[O-]. The maximum Gasteiger partial charge on any atom is 0.410 e. The molecule has 0 atom stereocenters. The molecule has 0 spiro atoms. The number of nitrogens with one attached hydrogen (secondary N) is 2. The first-order valence-corrected chi connectivity index (χ1v) is 22.8. The van der Waals surface area contributed by atoms with E-state index in [1.807, 2.05) is 27.7 Å². The molecule has 0 saturated carbocycles. The van der Waals surface area contributed by atoms with Gasteiger partial charge in [-0.05, 0) is 104 Å². The lowest BCUT2D eigenvalue weighted by Gasteiger charge is -2.33.